The van der Waals surface area contributed by atoms with E-state index in [1.165, 1.54) is 0 Å². The normalized spacial score (nSPS) is 21.1. The second-order valence-electron chi connectivity index (χ2n) is 7.84. The van der Waals surface area contributed by atoms with Crippen LogP contribution in [0, 0.1) is 0 Å². The molecule has 1 heterocycles. The van der Waals surface area contributed by atoms with Crippen LogP contribution in [0.3, 0.4) is 0 Å². The van der Waals surface area contributed by atoms with Crippen molar-refractivity contribution in [3.63, 3.8) is 0 Å². The van der Waals surface area contributed by atoms with Crippen LogP contribution in [0.2, 0.25) is 0 Å². The summed E-state index contributed by atoms with van der Waals surface area (Å²) in [6.45, 7) is 0.490. The lowest BCUT2D eigenvalue weighted by Crippen LogP contribution is -2.58. The largest absolute Gasteiger partial charge is 0.497 e. The summed E-state index contributed by atoms with van der Waals surface area (Å²) >= 11 is 0. The molecule has 166 valence electrons. The zero-order valence-corrected chi connectivity index (χ0v) is 18.4. The van der Waals surface area contributed by atoms with Gasteiger partial charge < -0.3 is 14.8 Å². The van der Waals surface area contributed by atoms with Gasteiger partial charge in [0.2, 0.25) is 10.0 Å². The van der Waals surface area contributed by atoms with Gasteiger partial charge in [0.15, 0.2) is 5.66 Å². The highest BCUT2D eigenvalue weighted by Crippen LogP contribution is 2.36. The Morgan fingerprint density at radius 3 is 2.16 bits per heavy atom. The quantitative estimate of drug-likeness (QED) is 0.617. The first-order valence-electron chi connectivity index (χ1n) is 10.2. The number of nitrogens with zero attached hydrogens (tertiary/aromatic N) is 1. The van der Waals surface area contributed by atoms with E-state index in [2.05, 4.69) is 10.0 Å². The van der Waals surface area contributed by atoms with Gasteiger partial charge in [-0.25, -0.2) is 13.2 Å². The molecule has 4 rings (SSSR count). The number of amides is 2. The van der Waals surface area contributed by atoms with Crippen molar-refractivity contribution < 1.29 is 22.7 Å². The van der Waals surface area contributed by atoms with Gasteiger partial charge in [0.1, 0.15) is 11.5 Å². The maximum absolute atomic E-state index is 12.9. The first-order chi connectivity index (χ1) is 14.9. The molecule has 2 amide bonds. The molecular formula is C22H27N3O5S. The van der Waals surface area contributed by atoms with E-state index in [1.54, 1.807) is 43.4 Å². The Labute approximate surface area is 182 Å². The fourth-order valence-corrected chi connectivity index (χ4v) is 5.56. The minimum atomic E-state index is -3.57. The molecule has 1 saturated heterocycles. The van der Waals surface area contributed by atoms with Crippen LogP contribution < -0.4 is 19.5 Å². The van der Waals surface area contributed by atoms with Gasteiger partial charge in [-0.3, -0.25) is 4.90 Å². The van der Waals surface area contributed by atoms with Crippen molar-refractivity contribution in [1.82, 2.24) is 14.9 Å². The summed E-state index contributed by atoms with van der Waals surface area (Å²) in [6, 6.07) is 14.5. The van der Waals surface area contributed by atoms with Gasteiger partial charge in [-0.05, 0) is 54.7 Å². The Morgan fingerprint density at radius 2 is 1.61 bits per heavy atom. The summed E-state index contributed by atoms with van der Waals surface area (Å²) in [5.41, 5.74) is 0.511. The van der Waals surface area contributed by atoms with E-state index in [4.69, 9.17) is 9.47 Å². The van der Waals surface area contributed by atoms with E-state index in [0.717, 1.165) is 11.3 Å². The Bertz CT molecular complexity index is 1040. The molecule has 0 aromatic heterocycles. The molecule has 1 atom stereocenters. The van der Waals surface area contributed by atoms with Crippen molar-refractivity contribution in [3.05, 3.63) is 59.7 Å². The van der Waals surface area contributed by atoms with Gasteiger partial charge in [-0.2, -0.15) is 4.72 Å². The molecule has 0 spiro atoms. The van der Waals surface area contributed by atoms with Crippen LogP contribution in [-0.2, 0) is 22.1 Å². The molecule has 0 radical (unpaired) electrons. The minimum absolute atomic E-state index is 0.146. The molecule has 1 saturated carbocycles. The fourth-order valence-electron chi connectivity index (χ4n) is 3.87. The standard InChI is InChI=1S/C22H27N3O5S/c1-29-18-7-3-16(4-8-18)13-14-25-21(26)23-15-22(25,24-31(27,28)20-11-12-20)17-5-9-19(30-2)10-6-17/h3-10,20,24H,11-15H2,1-2H3,(H,23,26). The highest BCUT2D eigenvalue weighted by molar-refractivity contribution is 7.90. The van der Waals surface area contributed by atoms with Gasteiger partial charge in [0.25, 0.3) is 0 Å². The van der Waals surface area contributed by atoms with Crippen LogP contribution >= 0.6 is 0 Å². The summed E-state index contributed by atoms with van der Waals surface area (Å²) in [5, 5.41) is 2.43. The molecule has 31 heavy (non-hydrogen) atoms. The second kappa shape index (κ2) is 8.39. The van der Waals surface area contributed by atoms with Crippen molar-refractivity contribution in [3.8, 4) is 11.5 Å². The molecule has 8 nitrogen and oxygen atoms in total. The maximum atomic E-state index is 12.9. The predicted molar refractivity (Wildman–Crippen MR) is 117 cm³/mol. The zero-order chi connectivity index (χ0) is 22.1. The molecule has 1 unspecified atom stereocenters. The van der Waals surface area contributed by atoms with E-state index in [-0.39, 0.29) is 12.6 Å². The van der Waals surface area contributed by atoms with Crippen LogP contribution in [0.1, 0.15) is 24.0 Å². The van der Waals surface area contributed by atoms with Crippen molar-refractivity contribution >= 4 is 16.1 Å². The number of rotatable bonds is 9. The topological polar surface area (TPSA) is 97.0 Å². The lowest BCUT2D eigenvalue weighted by atomic mass is 9.99. The average molecular weight is 446 g/mol. The summed E-state index contributed by atoms with van der Waals surface area (Å²) in [6.07, 6.45) is 1.85. The van der Waals surface area contributed by atoms with Gasteiger partial charge >= 0.3 is 6.03 Å². The summed E-state index contributed by atoms with van der Waals surface area (Å²) < 4.78 is 39.2. The van der Waals surface area contributed by atoms with Gasteiger partial charge in [-0.15, -0.1) is 0 Å². The fraction of sp³-hybridized carbons (Fsp3) is 0.409. The van der Waals surface area contributed by atoms with E-state index in [9.17, 15) is 13.2 Å². The molecule has 9 heteroatoms. The maximum Gasteiger partial charge on any atom is 0.319 e. The van der Waals surface area contributed by atoms with E-state index in [1.807, 2.05) is 24.3 Å². The monoisotopic (exact) mass is 445 g/mol. The molecular weight excluding hydrogens is 418 g/mol. The Morgan fingerprint density at radius 1 is 1.03 bits per heavy atom. The molecule has 2 aromatic carbocycles. The third kappa shape index (κ3) is 4.33. The number of nitrogens with one attached hydrogen (secondary N) is 2. The van der Waals surface area contributed by atoms with Crippen LogP contribution in [0.25, 0.3) is 0 Å². The van der Waals surface area contributed by atoms with Crippen molar-refractivity contribution in [2.45, 2.75) is 30.2 Å². The number of urea groups is 1. The van der Waals surface area contributed by atoms with Crippen molar-refractivity contribution in [1.29, 1.82) is 0 Å². The first-order valence-corrected chi connectivity index (χ1v) is 11.8. The Hall–Kier alpha value is -2.78. The highest BCUT2D eigenvalue weighted by Gasteiger charge is 2.51. The number of carbonyl (C=O) groups excluding carboxylic acids is 1. The smallest absolute Gasteiger partial charge is 0.319 e. The number of benzene rings is 2. The SMILES string of the molecule is COc1ccc(CCN2C(=O)NCC2(NS(=O)(=O)C2CC2)c2ccc(OC)cc2)cc1. The zero-order valence-electron chi connectivity index (χ0n) is 17.6. The number of carbonyl (C=O) groups is 1. The molecule has 2 N–H and O–H groups in total. The van der Waals surface area contributed by atoms with Crippen LogP contribution in [-0.4, -0.2) is 51.9 Å². The first kappa shape index (κ1) is 21.5. The highest BCUT2D eigenvalue weighted by atomic mass is 32.2. The number of ether oxygens (including phenoxy) is 2. The molecule has 2 aliphatic rings. The van der Waals surface area contributed by atoms with Crippen molar-refractivity contribution in [2.75, 3.05) is 27.3 Å². The Balaban J connectivity index is 1.65. The van der Waals surface area contributed by atoms with Crippen LogP contribution in [0.15, 0.2) is 48.5 Å². The summed E-state index contributed by atoms with van der Waals surface area (Å²) in [5.74, 6) is 1.42. The number of sulfonamides is 1. The van der Waals surface area contributed by atoms with Crippen LogP contribution in [0.5, 0.6) is 11.5 Å². The molecule has 0 bridgehead atoms. The lowest BCUT2D eigenvalue weighted by Gasteiger charge is -2.38. The average Bonchev–Trinajstić information content (AvgIpc) is 3.60. The number of methoxy groups -OCH3 is 2. The third-order valence-electron chi connectivity index (χ3n) is 5.83. The van der Waals surface area contributed by atoms with E-state index in [0.29, 0.717) is 37.1 Å². The van der Waals surface area contributed by atoms with Crippen LogP contribution in [0.4, 0.5) is 4.79 Å². The molecule has 1 aliphatic carbocycles. The third-order valence-corrected chi connectivity index (χ3v) is 7.80. The molecule has 2 fully saturated rings. The predicted octanol–water partition coefficient (Wildman–Crippen LogP) is 2.21. The minimum Gasteiger partial charge on any atom is -0.497 e. The summed E-state index contributed by atoms with van der Waals surface area (Å²) in [7, 11) is -0.391. The summed E-state index contributed by atoms with van der Waals surface area (Å²) in [4.78, 5) is 14.4. The Kier molecular flexibility index (Phi) is 5.81. The molecule has 1 aliphatic heterocycles. The lowest BCUT2D eigenvalue weighted by molar-refractivity contribution is 0.147. The molecule has 2 aromatic rings. The van der Waals surface area contributed by atoms with Gasteiger partial charge in [0.05, 0.1) is 26.0 Å². The van der Waals surface area contributed by atoms with Gasteiger partial charge in [0, 0.05) is 6.54 Å². The van der Waals surface area contributed by atoms with Gasteiger partial charge in [-0.1, -0.05) is 24.3 Å². The van der Waals surface area contributed by atoms with E-state index >= 15 is 0 Å². The number of hydrogen-bond acceptors (Lipinski definition) is 5. The number of hydrogen-bond donors (Lipinski definition) is 2. The van der Waals surface area contributed by atoms with Crippen molar-refractivity contribution in [2.24, 2.45) is 0 Å². The van der Waals surface area contributed by atoms with E-state index < -0.39 is 20.9 Å². The second-order valence-corrected chi connectivity index (χ2v) is 9.80.